The van der Waals surface area contributed by atoms with E-state index in [0.717, 1.165) is 31.6 Å². The first kappa shape index (κ1) is 19.7. The summed E-state index contributed by atoms with van der Waals surface area (Å²) in [5.74, 6) is -1.08. The summed E-state index contributed by atoms with van der Waals surface area (Å²) in [6, 6.07) is 4.01. The zero-order valence-corrected chi connectivity index (χ0v) is 16.1. The van der Waals surface area contributed by atoms with Crippen LogP contribution in [0.1, 0.15) is 43.5 Å². The molecule has 1 saturated heterocycles. The van der Waals surface area contributed by atoms with Crippen LogP contribution in [0.2, 0.25) is 5.02 Å². The van der Waals surface area contributed by atoms with Crippen LogP contribution in [0.5, 0.6) is 0 Å². The summed E-state index contributed by atoms with van der Waals surface area (Å²) in [5.41, 5.74) is -0.0721. The lowest BCUT2D eigenvalue weighted by atomic mass is 9.97. The first-order valence-corrected chi connectivity index (χ1v) is 10.4. The van der Waals surface area contributed by atoms with Crippen molar-refractivity contribution in [2.24, 2.45) is 0 Å². The van der Waals surface area contributed by atoms with Gasteiger partial charge in [-0.15, -0.1) is 0 Å². The molecule has 0 N–H and O–H groups in total. The number of nitrogens with zero attached hydrogens (tertiary/aromatic N) is 1. The number of sulfone groups is 1. The van der Waals surface area contributed by atoms with Gasteiger partial charge in [0.2, 0.25) is 0 Å². The van der Waals surface area contributed by atoms with Gasteiger partial charge in [0.1, 0.15) is 0 Å². The van der Waals surface area contributed by atoms with Crippen molar-refractivity contribution in [1.82, 2.24) is 4.90 Å². The Morgan fingerprint density at radius 1 is 1.24 bits per heavy atom. The van der Waals surface area contributed by atoms with Gasteiger partial charge in [-0.05, 0) is 51.3 Å². The molecule has 1 fully saturated rings. The number of esters is 1. The van der Waals surface area contributed by atoms with E-state index in [1.165, 1.54) is 12.1 Å². The van der Waals surface area contributed by atoms with Crippen LogP contribution in [0.15, 0.2) is 23.1 Å². The smallest absolute Gasteiger partial charge is 0.340 e. The van der Waals surface area contributed by atoms with Crippen molar-refractivity contribution < 1.29 is 22.7 Å². The topological polar surface area (TPSA) is 80.8 Å². The maximum atomic E-state index is 12.4. The van der Waals surface area contributed by atoms with Gasteiger partial charge in [0.05, 0.1) is 15.5 Å². The van der Waals surface area contributed by atoms with Gasteiger partial charge in [-0.1, -0.05) is 11.6 Å². The highest BCUT2D eigenvalue weighted by Gasteiger charge is 2.29. The number of ether oxygens (including phenoxy) is 1. The SMILES string of the molecule is C[C@H]1CCC[C@H](C)N1C(=O)COC(=O)c1cc(S(C)(=O)=O)ccc1Cl. The Morgan fingerprint density at radius 2 is 1.84 bits per heavy atom. The lowest BCUT2D eigenvalue weighted by molar-refractivity contribution is -0.140. The van der Waals surface area contributed by atoms with Crippen LogP contribution >= 0.6 is 11.6 Å². The second kappa shape index (κ2) is 7.74. The molecule has 0 spiro atoms. The number of halogens is 1. The number of piperidine rings is 1. The fourth-order valence-corrected chi connectivity index (χ4v) is 3.93. The van der Waals surface area contributed by atoms with Crippen molar-refractivity contribution in [2.75, 3.05) is 12.9 Å². The third kappa shape index (κ3) is 4.73. The van der Waals surface area contributed by atoms with Gasteiger partial charge in [0, 0.05) is 18.3 Å². The summed E-state index contributed by atoms with van der Waals surface area (Å²) in [5, 5.41) is 0.0737. The van der Waals surface area contributed by atoms with Gasteiger partial charge in [0.15, 0.2) is 16.4 Å². The summed E-state index contributed by atoms with van der Waals surface area (Å²) in [6.45, 7) is 3.55. The molecular formula is C17H22ClNO5S. The number of benzene rings is 1. The van der Waals surface area contributed by atoms with E-state index in [1.807, 2.05) is 13.8 Å². The average Bonchev–Trinajstić information content (AvgIpc) is 2.51. The summed E-state index contributed by atoms with van der Waals surface area (Å²) < 4.78 is 28.3. The average molecular weight is 388 g/mol. The molecule has 0 unspecified atom stereocenters. The molecular weight excluding hydrogens is 366 g/mol. The van der Waals surface area contributed by atoms with Gasteiger partial charge >= 0.3 is 5.97 Å². The Morgan fingerprint density at radius 3 is 2.40 bits per heavy atom. The summed E-state index contributed by atoms with van der Waals surface area (Å²) >= 11 is 5.96. The summed E-state index contributed by atoms with van der Waals surface area (Å²) in [4.78, 5) is 26.3. The van der Waals surface area contributed by atoms with E-state index in [4.69, 9.17) is 16.3 Å². The number of hydrogen-bond donors (Lipinski definition) is 0. The molecule has 2 rings (SSSR count). The second-order valence-electron chi connectivity index (χ2n) is 6.42. The minimum atomic E-state index is -3.48. The largest absolute Gasteiger partial charge is 0.452 e. The highest BCUT2D eigenvalue weighted by Crippen LogP contribution is 2.24. The molecule has 0 aromatic heterocycles. The van der Waals surface area contributed by atoms with Gasteiger partial charge in [-0.2, -0.15) is 0 Å². The van der Waals surface area contributed by atoms with Crippen LogP contribution in [-0.2, 0) is 19.4 Å². The fraction of sp³-hybridized carbons (Fsp3) is 0.529. The fourth-order valence-electron chi connectivity index (χ4n) is 3.08. The van der Waals surface area contributed by atoms with E-state index in [1.54, 1.807) is 4.90 Å². The standard InChI is InChI=1S/C17H22ClNO5S/c1-11-5-4-6-12(2)19(11)16(20)10-24-17(21)14-9-13(25(3,22)23)7-8-15(14)18/h7-9,11-12H,4-6,10H2,1-3H3/t11-,12-/m0/s1. The van der Waals surface area contributed by atoms with Crippen molar-refractivity contribution in [3.05, 3.63) is 28.8 Å². The number of amides is 1. The molecule has 1 aliphatic rings. The molecule has 0 saturated carbocycles. The quantitative estimate of drug-likeness (QED) is 0.742. The molecule has 8 heteroatoms. The monoisotopic (exact) mass is 387 g/mol. The van der Waals surface area contributed by atoms with E-state index in [9.17, 15) is 18.0 Å². The van der Waals surface area contributed by atoms with Gasteiger partial charge in [-0.3, -0.25) is 4.79 Å². The summed E-state index contributed by atoms with van der Waals surface area (Å²) in [6.07, 6.45) is 3.95. The molecule has 138 valence electrons. The van der Waals surface area contributed by atoms with Crippen molar-refractivity contribution in [1.29, 1.82) is 0 Å². The van der Waals surface area contributed by atoms with E-state index in [0.29, 0.717) is 0 Å². The molecule has 0 aliphatic carbocycles. The zero-order valence-electron chi connectivity index (χ0n) is 14.5. The Labute approximate surface area is 153 Å². The van der Waals surface area contributed by atoms with Crippen LogP contribution in [-0.4, -0.2) is 50.1 Å². The Bertz CT molecular complexity index is 767. The molecule has 25 heavy (non-hydrogen) atoms. The maximum absolute atomic E-state index is 12.4. The number of likely N-dealkylation sites (tertiary alicyclic amines) is 1. The molecule has 0 radical (unpaired) electrons. The van der Waals surface area contributed by atoms with E-state index < -0.39 is 22.4 Å². The first-order chi connectivity index (χ1) is 11.6. The zero-order chi connectivity index (χ0) is 18.8. The minimum absolute atomic E-state index is 0.0338. The van der Waals surface area contributed by atoms with E-state index >= 15 is 0 Å². The third-order valence-corrected chi connectivity index (χ3v) is 5.83. The lowest BCUT2D eigenvalue weighted by Gasteiger charge is -2.38. The van der Waals surface area contributed by atoms with Crippen LogP contribution in [0, 0.1) is 0 Å². The number of carbonyl (C=O) groups is 2. The summed E-state index contributed by atoms with van der Waals surface area (Å²) in [7, 11) is -3.48. The maximum Gasteiger partial charge on any atom is 0.340 e. The van der Waals surface area contributed by atoms with Crippen molar-refractivity contribution in [3.63, 3.8) is 0 Å². The number of carbonyl (C=O) groups excluding carboxylic acids is 2. The predicted octanol–water partition coefficient (Wildman–Crippen LogP) is 2.69. The van der Waals surface area contributed by atoms with E-state index in [2.05, 4.69) is 0 Å². The van der Waals surface area contributed by atoms with Crippen LogP contribution in [0.25, 0.3) is 0 Å². The molecule has 1 aromatic carbocycles. The normalized spacial score (nSPS) is 21.0. The molecule has 1 heterocycles. The van der Waals surface area contributed by atoms with Crippen molar-refractivity contribution in [2.45, 2.75) is 50.1 Å². The highest BCUT2D eigenvalue weighted by atomic mass is 35.5. The van der Waals surface area contributed by atoms with Crippen molar-refractivity contribution in [3.8, 4) is 0 Å². The molecule has 1 aliphatic heterocycles. The predicted molar refractivity (Wildman–Crippen MR) is 94.5 cm³/mol. The number of rotatable bonds is 4. The molecule has 2 atom stereocenters. The molecule has 1 amide bonds. The Hall–Kier alpha value is -1.60. The Kier molecular flexibility index (Phi) is 6.11. The van der Waals surface area contributed by atoms with Gasteiger partial charge in [0.25, 0.3) is 5.91 Å². The first-order valence-electron chi connectivity index (χ1n) is 8.09. The molecule has 6 nitrogen and oxygen atoms in total. The third-order valence-electron chi connectivity index (χ3n) is 4.39. The van der Waals surface area contributed by atoms with Gasteiger partial charge < -0.3 is 9.64 Å². The van der Waals surface area contributed by atoms with Gasteiger partial charge in [-0.25, -0.2) is 13.2 Å². The van der Waals surface area contributed by atoms with E-state index in [-0.39, 0.29) is 33.5 Å². The van der Waals surface area contributed by atoms with Crippen LogP contribution < -0.4 is 0 Å². The second-order valence-corrected chi connectivity index (χ2v) is 8.84. The lowest BCUT2D eigenvalue weighted by Crippen LogP contribution is -2.49. The van der Waals surface area contributed by atoms with Crippen LogP contribution in [0.4, 0.5) is 0 Å². The Balaban J connectivity index is 2.09. The molecule has 1 aromatic rings. The highest BCUT2D eigenvalue weighted by molar-refractivity contribution is 7.90. The van der Waals surface area contributed by atoms with Crippen LogP contribution in [0.3, 0.4) is 0 Å². The molecule has 0 bridgehead atoms. The van der Waals surface area contributed by atoms with Crippen molar-refractivity contribution >= 4 is 33.3 Å². The number of hydrogen-bond acceptors (Lipinski definition) is 5. The minimum Gasteiger partial charge on any atom is -0.452 e.